The lowest BCUT2D eigenvalue weighted by molar-refractivity contribution is -0.140. The number of nitrogens with one attached hydrogen (secondary N) is 1. The van der Waals surface area contributed by atoms with Crippen molar-refractivity contribution in [2.45, 2.75) is 25.8 Å². The van der Waals surface area contributed by atoms with Gasteiger partial charge in [-0.05, 0) is 20.5 Å². The Kier molecular flexibility index (Phi) is 6.70. The number of rotatable bonds is 6. The topological polar surface area (TPSA) is 58.6 Å². The highest BCUT2D eigenvalue weighted by Crippen LogP contribution is 1.98. The summed E-state index contributed by atoms with van der Waals surface area (Å²) in [7, 11) is 5.04. The molecule has 0 aromatic heterocycles. The standard InChI is InChI=1S/C10H20N2O3/c1-5-8(12(2)3)10(14)11-7-6-9(13)15-4/h8H,5-7H2,1-4H3,(H,11,14)/t8-/m0/s1. The van der Waals surface area contributed by atoms with E-state index in [4.69, 9.17) is 0 Å². The summed E-state index contributed by atoms with van der Waals surface area (Å²) in [4.78, 5) is 24.2. The molecule has 1 amide bonds. The number of hydrogen-bond donors (Lipinski definition) is 1. The molecular weight excluding hydrogens is 196 g/mol. The molecule has 0 aliphatic carbocycles. The van der Waals surface area contributed by atoms with Gasteiger partial charge in [0.2, 0.25) is 5.91 Å². The number of nitrogens with zero attached hydrogens (tertiary/aromatic N) is 1. The second kappa shape index (κ2) is 7.23. The molecule has 0 saturated heterocycles. The third-order valence-electron chi connectivity index (χ3n) is 2.17. The normalized spacial score (nSPS) is 12.3. The van der Waals surface area contributed by atoms with Crippen LogP contribution in [-0.2, 0) is 14.3 Å². The van der Waals surface area contributed by atoms with Gasteiger partial charge >= 0.3 is 5.97 Å². The molecule has 5 heteroatoms. The van der Waals surface area contributed by atoms with Crippen molar-refractivity contribution in [2.24, 2.45) is 0 Å². The van der Waals surface area contributed by atoms with E-state index in [0.29, 0.717) is 6.54 Å². The van der Waals surface area contributed by atoms with Crippen molar-refractivity contribution in [3.63, 3.8) is 0 Å². The molecule has 0 aromatic carbocycles. The van der Waals surface area contributed by atoms with Crippen LogP contribution in [0.15, 0.2) is 0 Å². The van der Waals surface area contributed by atoms with E-state index < -0.39 is 0 Å². The number of hydrogen-bond acceptors (Lipinski definition) is 4. The number of methoxy groups -OCH3 is 1. The summed E-state index contributed by atoms with van der Waals surface area (Å²) in [5.41, 5.74) is 0. The Balaban J connectivity index is 3.86. The summed E-state index contributed by atoms with van der Waals surface area (Å²) in [6, 6.07) is -0.136. The lowest BCUT2D eigenvalue weighted by Crippen LogP contribution is -2.43. The average molecular weight is 216 g/mol. The maximum Gasteiger partial charge on any atom is 0.307 e. The maximum absolute atomic E-state index is 11.6. The smallest absolute Gasteiger partial charge is 0.307 e. The zero-order chi connectivity index (χ0) is 11.8. The molecule has 88 valence electrons. The van der Waals surface area contributed by atoms with Crippen LogP contribution in [-0.4, -0.2) is 50.6 Å². The van der Waals surface area contributed by atoms with Gasteiger partial charge in [0.05, 0.1) is 19.6 Å². The van der Waals surface area contributed by atoms with Crippen LogP contribution in [0.3, 0.4) is 0 Å². The molecule has 15 heavy (non-hydrogen) atoms. The van der Waals surface area contributed by atoms with Crippen molar-refractivity contribution in [3.05, 3.63) is 0 Å². The van der Waals surface area contributed by atoms with Crippen LogP contribution < -0.4 is 5.32 Å². The minimum atomic E-state index is -0.312. The van der Waals surface area contributed by atoms with Gasteiger partial charge < -0.3 is 10.1 Å². The first-order chi connectivity index (χ1) is 7.02. The fraction of sp³-hybridized carbons (Fsp3) is 0.800. The first-order valence-corrected chi connectivity index (χ1v) is 5.03. The second-order valence-electron chi connectivity index (χ2n) is 3.50. The van der Waals surface area contributed by atoms with E-state index in [9.17, 15) is 9.59 Å². The highest BCUT2D eigenvalue weighted by molar-refractivity contribution is 5.82. The number of carbonyl (C=O) groups excluding carboxylic acids is 2. The zero-order valence-corrected chi connectivity index (χ0v) is 9.87. The fourth-order valence-electron chi connectivity index (χ4n) is 1.29. The predicted octanol–water partition coefficient (Wildman–Crippen LogP) is 0.00590. The summed E-state index contributed by atoms with van der Waals surface area (Å²) in [6.45, 7) is 2.28. The van der Waals surface area contributed by atoms with E-state index in [2.05, 4.69) is 10.1 Å². The van der Waals surface area contributed by atoms with Crippen LogP contribution in [0.5, 0.6) is 0 Å². The van der Waals surface area contributed by atoms with Crippen molar-refractivity contribution >= 4 is 11.9 Å². The molecule has 0 spiro atoms. The van der Waals surface area contributed by atoms with Crippen LogP contribution in [0.1, 0.15) is 19.8 Å². The molecule has 0 heterocycles. The van der Waals surface area contributed by atoms with E-state index in [0.717, 1.165) is 6.42 Å². The fourth-order valence-corrected chi connectivity index (χ4v) is 1.29. The lowest BCUT2D eigenvalue weighted by atomic mass is 10.2. The van der Waals surface area contributed by atoms with E-state index >= 15 is 0 Å². The largest absolute Gasteiger partial charge is 0.469 e. The van der Waals surface area contributed by atoms with E-state index in [1.54, 1.807) is 0 Å². The van der Waals surface area contributed by atoms with Crippen molar-refractivity contribution in [2.75, 3.05) is 27.7 Å². The van der Waals surface area contributed by atoms with Crippen molar-refractivity contribution in [1.82, 2.24) is 10.2 Å². The maximum atomic E-state index is 11.6. The number of carbonyl (C=O) groups is 2. The van der Waals surface area contributed by atoms with Gasteiger partial charge in [0.25, 0.3) is 0 Å². The van der Waals surface area contributed by atoms with Gasteiger partial charge in [0.1, 0.15) is 0 Å². The number of esters is 1. The van der Waals surface area contributed by atoms with Crippen molar-refractivity contribution < 1.29 is 14.3 Å². The van der Waals surface area contributed by atoms with Crippen LogP contribution in [0, 0.1) is 0 Å². The number of amides is 1. The van der Waals surface area contributed by atoms with Gasteiger partial charge in [-0.2, -0.15) is 0 Å². The minimum absolute atomic E-state index is 0.0496. The first-order valence-electron chi connectivity index (χ1n) is 5.03. The average Bonchev–Trinajstić information content (AvgIpc) is 2.17. The zero-order valence-electron chi connectivity index (χ0n) is 9.87. The molecule has 0 unspecified atom stereocenters. The summed E-state index contributed by atoms with van der Waals surface area (Å²) >= 11 is 0. The van der Waals surface area contributed by atoms with Crippen LogP contribution in [0.4, 0.5) is 0 Å². The Labute approximate surface area is 90.8 Å². The Bertz CT molecular complexity index is 217. The summed E-state index contributed by atoms with van der Waals surface area (Å²) < 4.78 is 4.47. The number of ether oxygens (including phenoxy) is 1. The lowest BCUT2D eigenvalue weighted by Gasteiger charge is -2.21. The Hall–Kier alpha value is -1.10. The molecule has 1 N–H and O–H groups in total. The highest BCUT2D eigenvalue weighted by Gasteiger charge is 2.17. The quantitative estimate of drug-likeness (QED) is 0.635. The molecular formula is C10H20N2O3. The molecule has 0 bridgehead atoms. The van der Waals surface area contributed by atoms with Gasteiger partial charge in [-0.3, -0.25) is 14.5 Å². The van der Waals surface area contributed by atoms with Gasteiger partial charge in [-0.25, -0.2) is 0 Å². The summed E-state index contributed by atoms with van der Waals surface area (Å²) in [5, 5.41) is 2.70. The molecule has 0 aliphatic heterocycles. The van der Waals surface area contributed by atoms with Crippen molar-refractivity contribution in [1.29, 1.82) is 0 Å². The van der Waals surface area contributed by atoms with E-state index in [-0.39, 0.29) is 24.3 Å². The van der Waals surface area contributed by atoms with E-state index in [1.807, 2.05) is 25.9 Å². The Morgan fingerprint density at radius 1 is 1.40 bits per heavy atom. The Morgan fingerprint density at radius 3 is 2.40 bits per heavy atom. The second-order valence-corrected chi connectivity index (χ2v) is 3.50. The molecule has 0 aromatic rings. The number of likely N-dealkylation sites (N-methyl/N-ethyl adjacent to an activating group) is 1. The van der Waals surface area contributed by atoms with Crippen LogP contribution >= 0.6 is 0 Å². The molecule has 0 rings (SSSR count). The summed E-state index contributed by atoms with van der Waals surface area (Å²) in [5.74, 6) is -0.361. The third kappa shape index (κ3) is 5.37. The van der Waals surface area contributed by atoms with Gasteiger partial charge in [-0.15, -0.1) is 0 Å². The molecule has 0 fully saturated rings. The van der Waals surface area contributed by atoms with Crippen molar-refractivity contribution in [3.8, 4) is 0 Å². The third-order valence-corrected chi connectivity index (χ3v) is 2.17. The van der Waals surface area contributed by atoms with Gasteiger partial charge in [-0.1, -0.05) is 6.92 Å². The van der Waals surface area contributed by atoms with Gasteiger partial charge in [0, 0.05) is 6.54 Å². The van der Waals surface area contributed by atoms with Crippen LogP contribution in [0.25, 0.3) is 0 Å². The minimum Gasteiger partial charge on any atom is -0.469 e. The highest BCUT2D eigenvalue weighted by atomic mass is 16.5. The monoisotopic (exact) mass is 216 g/mol. The van der Waals surface area contributed by atoms with Gasteiger partial charge in [0.15, 0.2) is 0 Å². The molecule has 0 aliphatic rings. The molecule has 0 radical (unpaired) electrons. The molecule has 5 nitrogen and oxygen atoms in total. The predicted molar refractivity (Wildman–Crippen MR) is 57.4 cm³/mol. The summed E-state index contributed by atoms with van der Waals surface area (Å²) in [6.07, 6.45) is 0.961. The Morgan fingerprint density at radius 2 is 2.00 bits per heavy atom. The molecule has 1 atom stereocenters. The molecule has 0 saturated carbocycles. The SMILES string of the molecule is CC[C@@H](C(=O)NCCC(=O)OC)N(C)C. The van der Waals surface area contributed by atoms with Crippen LogP contribution in [0.2, 0.25) is 0 Å². The van der Waals surface area contributed by atoms with E-state index in [1.165, 1.54) is 7.11 Å². The first kappa shape index (κ1) is 13.9.